The molecule has 0 saturated heterocycles. The van der Waals surface area contributed by atoms with Crippen LogP contribution in [0, 0.1) is 6.92 Å². The van der Waals surface area contributed by atoms with Crippen LogP contribution in [0.4, 0.5) is 0 Å². The molecule has 0 spiro atoms. The topological polar surface area (TPSA) is 56.0 Å². The van der Waals surface area contributed by atoms with E-state index in [0.717, 1.165) is 17.1 Å². The highest BCUT2D eigenvalue weighted by Gasteiger charge is 2.11. The summed E-state index contributed by atoms with van der Waals surface area (Å²) in [6.07, 6.45) is 0.766. The van der Waals surface area contributed by atoms with Crippen LogP contribution in [0.5, 0.6) is 0 Å². The van der Waals surface area contributed by atoms with Gasteiger partial charge in [-0.25, -0.2) is 4.98 Å². The van der Waals surface area contributed by atoms with Crippen molar-refractivity contribution in [2.45, 2.75) is 20.3 Å². The number of aryl methyl sites for hydroxylation is 2. The quantitative estimate of drug-likeness (QED) is 0.723. The van der Waals surface area contributed by atoms with Crippen LogP contribution >= 0.6 is 11.3 Å². The highest BCUT2D eigenvalue weighted by molar-refractivity contribution is 7.13. The minimum Gasteiger partial charge on any atom is -0.365 e. The molecular weight excluding hydrogens is 160 g/mol. The van der Waals surface area contributed by atoms with E-state index in [9.17, 15) is 4.79 Å². The van der Waals surface area contributed by atoms with Gasteiger partial charge in [-0.3, -0.25) is 4.79 Å². The van der Waals surface area contributed by atoms with Gasteiger partial charge < -0.3 is 5.73 Å². The Morgan fingerprint density at radius 1 is 1.73 bits per heavy atom. The van der Waals surface area contributed by atoms with Gasteiger partial charge in [0, 0.05) is 0 Å². The molecule has 0 bridgehead atoms. The summed E-state index contributed by atoms with van der Waals surface area (Å²) in [5.74, 6) is -0.368. The first-order chi connectivity index (χ1) is 5.15. The maximum absolute atomic E-state index is 10.8. The maximum Gasteiger partial charge on any atom is 0.260 e. The maximum atomic E-state index is 10.8. The molecule has 3 nitrogen and oxygen atoms in total. The number of rotatable bonds is 2. The van der Waals surface area contributed by atoms with Crippen molar-refractivity contribution in [1.82, 2.24) is 4.98 Å². The predicted molar refractivity (Wildman–Crippen MR) is 44.7 cm³/mol. The fraction of sp³-hybridized carbons (Fsp3) is 0.429. The average molecular weight is 170 g/mol. The third kappa shape index (κ3) is 1.57. The zero-order valence-electron chi connectivity index (χ0n) is 6.55. The van der Waals surface area contributed by atoms with Crippen LogP contribution in [0.25, 0.3) is 0 Å². The minimum absolute atomic E-state index is 0.368. The van der Waals surface area contributed by atoms with E-state index in [4.69, 9.17) is 5.73 Å². The van der Waals surface area contributed by atoms with Crippen molar-refractivity contribution < 1.29 is 4.79 Å². The number of aromatic nitrogens is 1. The molecule has 2 N–H and O–H groups in total. The fourth-order valence-corrected chi connectivity index (χ4v) is 1.76. The Kier molecular flexibility index (Phi) is 2.24. The highest BCUT2D eigenvalue weighted by atomic mass is 32.1. The molecule has 0 saturated carbocycles. The second-order valence-electron chi connectivity index (χ2n) is 2.23. The minimum atomic E-state index is -0.368. The number of amides is 1. The number of nitrogens with zero attached hydrogens (tertiary/aromatic N) is 1. The summed E-state index contributed by atoms with van der Waals surface area (Å²) in [4.78, 5) is 15.6. The van der Waals surface area contributed by atoms with Crippen molar-refractivity contribution in [2.75, 3.05) is 0 Å². The number of primary amides is 1. The number of hydrogen-bond donors (Lipinski definition) is 1. The summed E-state index contributed by atoms with van der Waals surface area (Å²) in [6, 6.07) is 0. The third-order valence-electron chi connectivity index (χ3n) is 1.36. The van der Waals surface area contributed by atoms with Gasteiger partial charge in [0.05, 0.1) is 10.7 Å². The van der Waals surface area contributed by atoms with Gasteiger partial charge in [0.25, 0.3) is 5.91 Å². The molecule has 4 heteroatoms. The molecule has 0 radical (unpaired) electrons. The summed E-state index contributed by atoms with van der Waals surface area (Å²) < 4.78 is 0. The van der Waals surface area contributed by atoms with Gasteiger partial charge in [-0.1, -0.05) is 6.92 Å². The summed E-state index contributed by atoms with van der Waals surface area (Å²) >= 11 is 1.36. The number of carbonyl (C=O) groups excluding carboxylic acids is 1. The lowest BCUT2D eigenvalue weighted by atomic mass is 10.3. The van der Waals surface area contributed by atoms with Crippen molar-refractivity contribution in [3.63, 3.8) is 0 Å². The van der Waals surface area contributed by atoms with Gasteiger partial charge in [-0.2, -0.15) is 0 Å². The Balaban J connectivity index is 3.12. The molecule has 1 heterocycles. The molecule has 0 fully saturated rings. The molecule has 0 atom stereocenters. The Morgan fingerprint density at radius 2 is 2.36 bits per heavy atom. The fourth-order valence-electron chi connectivity index (χ4n) is 0.902. The molecule has 1 amide bonds. The van der Waals surface area contributed by atoms with E-state index < -0.39 is 0 Å². The van der Waals surface area contributed by atoms with E-state index in [-0.39, 0.29) is 5.91 Å². The summed E-state index contributed by atoms with van der Waals surface area (Å²) in [7, 11) is 0. The van der Waals surface area contributed by atoms with Gasteiger partial charge in [-0.05, 0) is 13.3 Å². The molecule has 11 heavy (non-hydrogen) atoms. The van der Waals surface area contributed by atoms with Crippen molar-refractivity contribution in [1.29, 1.82) is 0 Å². The van der Waals surface area contributed by atoms with Gasteiger partial charge in [0.1, 0.15) is 4.88 Å². The van der Waals surface area contributed by atoms with Crippen LogP contribution in [0.3, 0.4) is 0 Å². The lowest BCUT2D eigenvalue weighted by Crippen LogP contribution is -2.11. The van der Waals surface area contributed by atoms with Crippen LogP contribution in [-0.4, -0.2) is 10.9 Å². The Morgan fingerprint density at radius 3 is 2.73 bits per heavy atom. The SMILES string of the molecule is CCc1nc(C)sc1C(N)=O. The van der Waals surface area contributed by atoms with E-state index in [0.29, 0.717) is 4.88 Å². The molecule has 60 valence electrons. The van der Waals surface area contributed by atoms with Crippen molar-refractivity contribution in [3.05, 3.63) is 15.6 Å². The first kappa shape index (κ1) is 8.20. The molecule has 0 aliphatic carbocycles. The van der Waals surface area contributed by atoms with E-state index in [1.54, 1.807) is 0 Å². The van der Waals surface area contributed by atoms with Crippen molar-refractivity contribution in [3.8, 4) is 0 Å². The third-order valence-corrected chi connectivity index (χ3v) is 2.39. The van der Waals surface area contributed by atoms with E-state index >= 15 is 0 Å². The largest absolute Gasteiger partial charge is 0.365 e. The zero-order chi connectivity index (χ0) is 8.43. The van der Waals surface area contributed by atoms with Crippen LogP contribution in [0.1, 0.15) is 27.3 Å². The van der Waals surface area contributed by atoms with Crippen LogP contribution in [0.15, 0.2) is 0 Å². The van der Waals surface area contributed by atoms with Crippen molar-refractivity contribution in [2.24, 2.45) is 5.73 Å². The second-order valence-corrected chi connectivity index (χ2v) is 3.43. The lowest BCUT2D eigenvalue weighted by Gasteiger charge is -1.90. The lowest BCUT2D eigenvalue weighted by molar-refractivity contribution is 0.100. The smallest absolute Gasteiger partial charge is 0.260 e. The van der Waals surface area contributed by atoms with Gasteiger partial charge >= 0.3 is 0 Å². The number of carbonyl (C=O) groups is 1. The number of nitrogens with two attached hydrogens (primary N) is 1. The summed E-state index contributed by atoms with van der Waals surface area (Å²) in [6.45, 7) is 3.83. The molecule has 0 aliphatic rings. The van der Waals surface area contributed by atoms with Gasteiger partial charge in [-0.15, -0.1) is 11.3 Å². The molecular formula is C7H10N2OS. The second kappa shape index (κ2) is 3.00. The van der Waals surface area contributed by atoms with Crippen LogP contribution < -0.4 is 5.73 Å². The average Bonchev–Trinajstić information content (AvgIpc) is 2.30. The van der Waals surface area contributed by atoms with Gasteiger partial charge in [0.15, 0.2) is 0 Å². The summed E-state index contributed by atoms with van der Waals surface area (Å²) in [5.41, 5.74) is 5.95. The molecule has 1 aromatic heterocycles. The normalized spacial score (nSPS) is 10.0. The van der Waals surface area contributed by atoms with Gasteiger partial charge in [0.2, 0.25) is 0 Å². The number of hydrogen-bond acceptors (Lipinski definition) is 3. The Bertz CT molecular complexity index is 280. The van der Waals surface area contributed by atoms with E-state index in [2.05, 4.69) is 4.98 Å². The molecule has 1 rings (SSSR count). The monoisotopic (exact) mass is 170 g/mol. The standard InChI is InChI=1S/C7H10N2OS/c1-3-5-6(7(8)10)11-4(2)9-5/h3H2,1-2H3,(H2,8,10). The zero-order valence-corrected chi connectivity index (χ0v) is 7.36. The molecule has 0 aromatic carbocycles. The van der Waals surface area contributed by atoms with E-state index in [1.807, 2.05) is 13.8 Å². The molecule has 0 aliphatic heterocycles. The van der Waals surface area contributed by atoms with Crippen LogP contribution in [-0.2, 0) is 6.42 Å². The van der Waals surface area contributed by atoms with Crippen LogP contribution in [0.2, 0.25) is 0 Å². The summed E-state index contributed by atoms with van der Waals surface area (Å²) in [5, 5.41) is 0.899. The molecule has 0 unspecified atom stereocenters. The molecule has 1 aromatic rings. The van der Waals surface area contributed by atoms with Crippen molar-refractivity contribution >= 4 is 17.2 Å². The Hall–Kier alpha value is -0.900. The number of thiazole rings is 1. The van der Waals surface area contributed by atoms with E-state index in [1.165, 1.54) is 11.3 Å². The highest BCUT2D eigenvalue weighted by Crippen LogP contribution is 2.17. The first-order valence-corrected chi connectivity index (χ1v) is 4.23. The Labute approximate surface area is 69.3 Å². The first-order valence-electron chi connectivity index (χ1n) is 3.41. The predicted octanol–water partition coefficient (Wildman–Crippen LogP) is 1.11.